The number of amides is 1. The average Bonchev–Trinajstić information content (AvgIpc) is 2.85. The van der Waals surface area contributed by atoms with Gasteiger partial charge in [0.15, 0.2) is 18.2 Å². The summed E-state index contributed by atoms with van der Waals surface area (Å²) in [5.41, 5.74) is 1.48. The van der Waals surface area contributed by atoms with Crippen LogP contribution in [-0.4, -0.2) is 61.5 Å². The van der Waals surface area contributed by atoms with Gasteiger partial charge in [-0.1, -0.05) is 24.3 Å². The Hall–Kier alpha value is -4.38. The second kappa shape index (κ2) is 8.44. The fraction of sp³-hybridized carbons (Fsp3) is 0.125. The van der Waals surface area contributed by atoms with Crippen molar-refractivity contribution < 1.29 is 32.3 Å². The molecule has 0 radical (unpaired) electrons. The first-order valence-corrected chi connectivity index (χ1v) is 12.1. The summed E-state index contributed by atoms with van der Waals surface area (Å²) in [5.74, 6) is -1.97. The first kappa shape index (κ1) is 22.4. The monoisotopic (exact) mass is 491 g/mol. The number of sulfonamides is 1. The highest BCUT2D eigenvalue weighted by atomic mass is 32.2. The van der Waals surface area contributed by atoms with E-state index in [0.29, 0.717) is 11.1 Å². The van der Waals surface area contributed by atoms with Crippen LogP contribution >= 0.6 is 0 Å². The van der Waals surface area contributed by atoms with Gasteiger partial charge in [-0.3, -0.25) is 14.4 Å². The Morgan fingerprint density at radius 2 is 1.66 bits per heavy atom. The zero-order valence-electron chi connectivity index (χ0n) is 18.1. The van der Waals surface area contributed by atoms with Crippen molar-refractivity contribution in [3.05, 3.63) is 88.6 Å². The van der Waals surface area contributed by atoms with Crippen molar-refractivity contribution in [1.29, 1.82) is 0 Å². The van der Waals surface area contributed by atoms with E-state index >= 15 is 0 Å². The molecule has 2 aromatic carbocycles. The summed E-state index contributed by atoms with van der Waals surface area (Å²) < 4.78 is 31.8. The van der Waals surface area contributed by atoms with Crippen LogP contribution in [0.3, 0.4) is 0 Å². The minimum atomic E-state index is -3.51. The first-order chi connectivity index (χ1) is 16.7. The summed E-state index contributed by atoms with van der Waals surface area (Å²) in [6.07, 6.45) is 4.16. The van der Waals surface area contributed by atoms with Crippen LogP contribution in [0.25, 0.3) is 0 Å². The maximum absolute atomic E-state index is 12.8. The number of hydrogen-bond acceptors (Lipinski definition) is 8. The van der Waals surface area contributed by atoms with Crippen molar-refractivity contribution in [2.45, 2.75) is 0 Å². The summed E-state index contributed by atoms with van der Waals surface area (Å²) in [5, 5.41) is 2.55. The molecular formula is C24H17N3O7S. The van der Waals surface area contributed by atoms with Gasteiger partial charge in [0.05, 0.1) is 11.3 Å². The number of nitrogens with zero attached hydrogens (tertiary/aromatic N) is 2. The number of anilines is 1. The second-order valence-corrected chi connectivity index (χ2v) is 9.69. The molecule has 11 heteroatoms. The Labute approximate surface area is 199 Å². The van der Waals surface area contributed by atoms with E-state index in [4.69, 9.17) is 4.74 Å². The van der Waals surface area contributed by atoms with Crippen LogP contribution in [0.5, 0.6) is 0 Å². The SMILES string of the molecule is O=C(COC(=O)C1=CN2CCS(=O)(=O)N=C2C=C1)Nc1ccc2c(c1)C(=O)c1ccccc1C2=O. The van der Waals surface area contributed by atoms with E-state index in [0.717, 1.165) is 0 Å². The lowest BCUT2D eigenvalue weighted by molar-refractivity contribution is -0.143. The summed E-state index contributed by atoms with van der Waals surface area (Å²) >= 11 is 0. The smallest absolute Gasteiger partial charge is 0.340 e. The fourth-order valence-corrected chi connectivity index (χ4v) is 4.88. The lowest BCUT2D eigenvalue weighted by atomic mass is 9.84. The number of fused-ring (bicyclic) bond motifs is 3. The molecule has 1 amide bonds. The number of carbonyl (C=O) groups excluding carboxylic acids is 4. The Kier molecular flexibility index (Phi) is 5.40. The molecule has 2 heterocycles. The van der Waals surface area contributed by atoms with Gasteiger partial charge in [-0.15, -0.1) is 4.40 Å². The highest BCUT2D eigenvalue weighted by Gasteiger charge is 2.30. The first-order valence-electron chi connectivity index (χ1n) is 10.5. The Balaban J connectivity index is 1.23. The third-order valence-electron chi connectivity index (χ3n) is 5.60. The molecule has 10 nitrogen and oxygen atoms in total. The number of hydrogen-bond donors (Lipinski definition) is 1. The summed E-state index contributed by atoms with van der Waals surface area (Å²) in [7, 11) is -3.51. The van der Waals surface area contributed by atoms with Gasteiger partial charge in [0.25, 0.3) is 15.9 Å². The zero-order chi connectivity index (χ0) is 24.7. The number of ketones is 2. The molecular weight excluding hydrogens is 474 g/mol. The topological polar surface area (TPSA) is 139 Å². The quantitative estimate of drug-likeness (QED) is 0.541. The number of rotatable bonds is 4. The van der Waals surface area contributed by atoms with Crippen molar-refractivity contribution in [2.75, 3.05) is 24.2 Å². The van der Waals surface area contributed by atoms with Crippen molar-refractivity contribution in [3.63, 3.8) is 0 Å². The molecule has 0 atom stereocenters. The van der Waals surface area contributed by atoms with Crippen LogP contribution in [0.4, 0.5) is 5.69 Å². The molecule has 1 aliphatic carbocycles. The lowest BCUT2D eigenvalue weighted by Gasteiger charge is -2.26. The van der Waals surface area contributed by atoms with Crippen molar-refractivity contribution >= 4 is 45.0 Å². The van der Waals surface area contributed by atoms with Gasteiger partial charge in [0.1, 0.15) is 5.84 Å². The maximum Gasteiger partial charge on any atom is 0.340 e. The number of ether oxygens (including phenoxy) is 1. The highest BCUT2D eigenvalue weighted by molar-refractivity contribution is 7.90. The predicted octanol–water partition coefficient (Wildman–Crippen LogP) is 1.44. The van der Waals surface area contributed by atoms with Gasteiger partial charge < -0.3 is 15.0 Å². The Bertz CT molecular complexity index is 1520. The molecule has 5 rings (SSSR count). The number of nitrogens with one attached hydrogen (secondary N) is 1. The third-order valence-corrected chi connectivity index (χ3v) is 6.77. The van der Waals surface area contributed by atoms with E-state index in [1.807, 2.05) is 0 Å². The average molecular weight is 491 g/mol. The Morgan fingerprint density at radius 3 is 2.40 bits per heavy atom. The van der Waals surface area contributed by atoms with E-state index in [-0.39, 0.29) is 52.1 Å². The molecule has 2 aliphatic heterocycles. The fourth-order valence-electron chi connectivity index (χ4n) is 3.91. The predicted molar refractivity (Wildman–Crippen MR) is 124 cm³/mol. The minimum absolute atomic E-state index is 0.132. The third kappa shape index (κ3) is 4.28. The van der Waals surface area contributed by atoms with E-state index in [1.165, 1.54) is 41.5 Å². The maximum atomic E-state index is 12.8. The lowest BCUT2D eigenvalue weighted by Crippen LogP contribution is -2.37. The number of amidine groups is 1. The van der Waals surface area contributed by atoms with Crippen LogP contribution < -0.4 is 5.32 Å². The van der Waals surface area contributed by atoms with Gasteiger partial charge in [-0.05, 0) is 30.4 Å². The molecule has 35 heavy (non-hydrogen) atoms. The largest absolute Gasteiger partial charge is 0.452 e. The van der Waals surface area contributed by atoms with E-state index in [2.05, 4.69) is 9.71 Å². The van der Waals surface area contributed by atoms with Crippen LogP contribution in [0.15, 0.2) is 70.8 Å². The van der Waals surface area contributed by atoms with Gasteiger partial charge in [0, 0.05) is 40.7 Å². The molecule has 1 N–H and O–H groups in total. The molecule has 0 saturated heterocycles. The van der Waals surface area contributed by atoms with Crippen LogP contribution in [-0.2, 0) is 24.3 Å². The Morgan fingerprint density at radius 1 is 0.971 bits per heavy atom. The van der Waals surface area contributed by atoms with Crippen LogP contribution in [0, 0.1) is 0 Å². The van der Waals surface area contributed by atoms with Crippen LogP contribution in [0.2, 0.25) is 0 Å². The summed E-state index contributed by atoms with van der Waals surface area (Å²) in [6.45, 7) is -0.446. The van der Waals surface area contributed by atoms with E-state index < -0.39 is 28.5 Å². The van der Waals surface area contributed by atoms with E-state index in [9.17, 15) is 27.6 Å². The highest BCUT2D eigenvalue weighted by Crippen LogP contribution is 2.29. The minimum Gasteiger partial charge on any atom is -0.452 e. The van der Waals surface area contributed by atoms with Gasteiger partial charge in [0.2, 0.25) is 0 Å². The van der Waals surface area contributed by atoms with Crippen molar-refractivity contribution in [3.8, 4) is 0 Å². The molecule has 0 spiro atoms. The standard InChI is InChI=1S/C24H17N3O7S/c28-21(13-34-24(31)14-5-8-20-26-35(32,33)10-9-27(20)12-14)25-15-6-7-18-19(11-15)23(30)17-4-2-1-3-16(17)22(18)29/h1-8,11-12H,9-10,13H2,(H,25,28). The summed E-state index contributed by atoms with van der Waals surface area (Å²) in [6, 6.07) is 10.9. The number of benzene rings is 2. The molecule has 0 saturated carbocycles. The normalized spacial score (nSPS) is 17.4. The molecule has 2 aromatic rings. The second-order valence-electron chi connectivity index (χ2n) is 7.94. The van der Waals surface area contributed by atoms with Gasteiger partial charge in [-0.25, -0.2) is 13.2 Å². The van der Waals surface area contributed by atoms with Crippen LogP contribution in [0.1, 0.15) is 31.8 Å². The molecule has 0 bridgehead atoms. The van der Waals surface area contributed by atoms with Gasteiger partial charge >= 0.3 is 5.97 Å². The molecule has 3 aliphatic rings. The van der Waals surface area contributed by atoms with E-state index in [1.54, 1.807) is 24.3 Å². The molecule has 0 aromatic heterocycles. The zero-order valence-corrected chi connectivity index (χ0v) is 18.9. The van der Waals surface area contributed by atoms with Crippen molar-refractivity contribution in [1.82, 2.24) is 4.90 Å². The number of esters is 1. The van der Waals surface area contributed by atoms with Crippen molar-refractivity contribution in [2.24, 2.45) is 4.40 Å². The summed E-state index contributed by atoms with van der Waals surface area (Å²) in [4.78, 5) is 51.7. The molecule has 0 fully saturated rings. The molecule has 0 unspecified atom stereocenters. The molecule has 176 valence electrons. The van der Waals surface area contributed by atoms with Gasteiger partial charge in [-0.2, -0.15) is 0 Å². The number of carbonyl (C=O) groups is 4.